The monoisotopic (exact) mass is 341 g/mol. The molecule has 0 amide bonds. The summed E-state index contributed by atoms with van der Waals surface area (Å²) in [5.74, 6) is 0. The fourth-order valence-electron chi connectivity index (χ4n) is 3.30. The Morgan fingerprint density at radius 2 is 1.96 bits per heavy atom. The number of aromatic nitrogens is 1. The van der Waals surface area contributed by atoms with Crippen LogP contribution >= 0.6 is 11.3 Å². The molecule has 1 aromatic heterocycles. The van der Waals surface area contributed by atoms with Gasteiger partial charge in [-0.25, -0.2) is 4.68 Å². The van der Waals surface area contributed by atoms with Crippen LogP contribution in [-0.2, 0) is 4.74 Å². The Labute approximate surface area is 146 Å². The van der Waals surface area contributed by atoms with Gasteiger partial charge in [-0.15, -0.1) is 11.3 Å². The molecule has 4 rings (SSSR count). The van der Waals surface area contributed by atoms with Crippen molar-refractivity contribution in [2.24, 2.45) is 10.1 Å². The van der Waals surface area contributed by atoms with Crippen LogP contribution in [0.25, 0.3) is 11.3 Å². The predicted octanol–water partition coefficient (Wildman–Crippen LogP) is 4.07. The molecule has 2 aromatic rings. The first-order valence-corrected chi connectivity index (χ1v) is 9.73. The molecule has 0 radical (unpaired) electrons. The molecule has 0 N–H and O–H groups in total. The normalized spacial score (nSPS) is 21.6. The van der Waals surface area contributed by atoms with E-state index in [2.05, 4.69) is 34.3 Å². The number of hydrogen-bond donors (Lipinski definition) is 0. The summed E-state index contributed by atoms with van der Waals surface area (Å²) in [7, 11) is 0. The Bertz CT molecular complexity index is 761. The Kier molecular flexibility index (Phi) is 4.90. The molecular weight excluding hydrogens is 318 g/mol. The SMILES string of the molecule is c1ccc(-c2csc(=NC[C@H]3CCCO3)n2N=C2CCCC2)cc1. The Morgan fingerprint density at radius 1 is 1.12 bits per heavy atom. The number of thiazole rings is 1. The van der Waals surface area contributed by atoms with Crippen molar-refractivity contribution in [1.29, 1.82) is 0 Å². The lowest BCUT2D eigenvalue weighted by Crippen LogP contribution is -2.18. The first kappa shape index (κ1) is 15.8. The quantitative estimate of drug-likeness (QED) is 0.826. The van der Waals surface area contributed by atoms with Crippen LogP contribution in [0.1, 0.15) is 38.5 Å². The molecule has 1 aliphatic heterocycles. The number of nitrogens with zero attached hydrogens (tertiary/aromatic N) is 3. The van der Waals surface area contributed by atoms with Gasteiger partial charge in [-0.05, 0) is 38.5 Å². The molecule has 2 aliphatic rings. The van der Waals surface area contributed by atoms with Crippen molar-refractivity contribution < 1.29 is 4.74 Å². The van der Waals surface area contributed by atoms with Gasteiger partial charge in [0.25, 0.3) is 0 Å². The third kappa shape index (κ3) is 3.52. The number of hydrogen-bond acceptors (Lipinski definition) is 4. The highest BCUT2D eigenvalue weighted by Gasteiger charge is 2.16. The molecule has 2 fully saturated rings. The molecular formula is C19H23N3OS. The summed E-state index contributed by atoms with van der Waals surface area (Å²) in [6.45, 7) is 1.61. The maximum Gasteiger partial charge on any atom is 0.206 e. The maximum absolute atomic E-state index is 5.71. The van der Waals surface area contributed by atoms with Gasteiger partial charge < -0.3 is 4.74 Å². The summed E-state index contributed by atoms with van der Waals surface area (Å²) in [5, 5.41) is 7.12. The van der Waals surface area contributed by atoms with Crippen molar-refractivity contribution in [2.75, 3.05) is 13.2 Å². The molecule has 24 heavy (non-hydrogen) atoms. The van der Waals surface area contributed by atoms with Gasteiger partial charge >= 0.3 is 0 Å². The summed E-state index contributed by atoms with van der Waals surface area (Å²) in [6, 6.07) is 10.5. The maximum atomic E-state index is 5.71. The van der Waals surface area contributed by atoms with Crippen LogP contribution in [0.2, 0.25) is 0 Å². The molecule has 5 heteroatoms. The van der Waals surface area contributed by atoms with E-state index >= 15 is 0 Å². The van der Waals surface area contributed by atoms with Gasteiger partial charge in [0.1, 0.15) is 0 Å². The van der Waals surface area contributed by atoms with Gasteiger partial charge in [0.05, 0.1) is 18.3 Å². The van der Waals surface area contributed by atoms with Crippen LogP contribution in [0.5, 0.6) is 0 Å². The van der Waals surface area contributed by atoms with E-state index in [4.69, 9.17) is 14.8 Å². The second kappa shape index (κ2) is 7.45. The molecule has 1 aromatic carbocycles. The smallest absolute Gasteiger partial charge is 0.206 e. The topological polar surface area (TPSA) is 38.9 Å². The van der Waals surface area contributed by atoms with Crippen molar-refractivity contribution in [1.82, 2.24) is 4.68 Å². The molecule has 126 valence electrons. The highest BCUT2D eigenvalue weighted by atomic mass is 32.1. The van der Waals surface area contributed by atoms with Gasteiger partial charge in [0, 0.05) is 23.3 Å². The van der Waals surface area contributed by atoms with E-state index in [0.29, 0.717) is 0 Å². The minimum atomic E-state index is 0.278. The zero-order valence-corrected chi connectivity index (χ0v) is 14.7. The molecule has 1 aliphatic carbocycles. The van der Waals surface area contributed by atoms with Gasteiger partial charge in [-0.1, -0.05) is 30.3 Å². The average Bonchev–Trinajstić information content (AvgIpc) is 3.37. The van der Waals surface area contributed by atoms with Crippen LogP contribution in [0.3, 0.4) is 0 Å². The largest absolute Gasteiger partial charge is 0.376 e. The van der Waals surface area contributed by atoms with Crippen molar-refractivity contribution in [3.05, 3.63) is 40.5 Å². The van der Waals surface area contributed by atoms with Crippen molar-refractivity contribution in [2.45, 2.75) is 44.6 Å². The van der Waals surface area contributed by atoms with Crippen molar-refractivity contribution >= 4 is 17.0 Å². The first-order chi connectivity index (χ1) is 11.9. The summed E-state index contributed by atoms with van der Waals surface area (Å²) < 4.78 is 7.76. The third-order valence-corrected chi connectivity index (χ3v) is 5.49. The minimum Gasteiger partial charge on any atom is -0.376 e. The van der Waals surface area contributed by atoms with E-state index < -0.39 is 0 Å². The van der Waals surface area contributed by atoms with Crippen molar-refractivity contribution in [3.63, 3.8) is 0 Å². The first-order valence-electron chi connectivity index (χ1n) is 8.85. The van der Waals surface area contributed by atoms with Gasteiger partial charge in [-0.2, -0.15) is 5.10 Å². The molecule has 1 saturated carbocycles. The fraction of sp³-hybridized carbons (Fsp3) is 0.474. The lowest BCUT2D eigenvalue weighted by molar-refractivity contribution is 0.117. The Morgan fingerprint density at radius 3 is 2.71 bits per heavy atom. The Balaban J connectivity index is 1.71. The molecule has 1 atom stereocenters. The number of ether oxygens (including phenoxy) is 1. The highest BCUT2D eigenvalue weighted by molar-refractivity contribution is 7.07. The highest BCUT2D eigenvalue weighted by Crippen LogP contribution is 2.22. The van der Waals surface area contributed by atoms with Gasteiger partial charge in [0.15, 0.2) is 0 Å². The molecule has 0 spiro atoms. The van der Waals surface area contributed by atoms with E-state index in [9.17, 15) is 0 Å². The average molecular weight is 341 g/mol. The van der Waals surface area contributed by atoms with E-state index in [1.165, 1.54) is 24.1 Å². The number of rotatable bonds is 4. The fourth-order valence-corrected chi connectivity index (χ4v) is 4.15. The third-order valence-electron chi connectivity index (χ3n) is 4.63. The number of benzene rings is 1. The molecule has 1 saturated heterocycles. The second-order valence-electron chi connectivity index (χ2n) is 6.43. The minimum absolute atomic E-state index is 0.278. The standard InChI is InChI=1S/C19H23N3OS/c1-2-7-15(8-3-1)18-14-24-19(20-13-17-11-6-12-23-17)22(18)21-16-9-4-5-10-16/h1-3,7-8,14,17H,4-6,9-13H2/t17-/m1/s1. The lowest BCUT2D eigenvalue weighted by Gasteiger charge is -2.06. The zero-order valence-electron chi connectivity index (χ0n) is 13.9. The summed E-state index contributed by atoms with van der Waals surface area (Å²) in [4.78, 5) is 5.80. The van der Waals surface area contributed by atoms with Crippen LogP contribution in [0.15, 0.2) is 45.8 Å². The van der Waals surface area contributed by atoms with E-state index in [-0.39, 0.29) is 6.10 Å². The van der Waals surface area contributed by atoms with Gasteiger partial charge in [-0.3, -0.25) is 4.99 Å². The molecule has 0 unspecified atom stereocenters. The van der Waals surface area contributed by atoms with E-state index in [0.717, 1.165) is 49.3 Å². The second-order valence-corrected chi connectivity index (χ2v) is 7.27. The predicted molar refractivity (Wildman–Crippen MR) is 98.5 cm³/mol. The Hall–Kier alpha value is -1.72. The zero-order chi connectivity index (χ0) is 16.2. The van der Waals surface area contributed by atoms with E-state index in [1.807, 2.05) is 6.07 Å². The van der Waals surface area contributed by atoms with Crippen LogP contribution in [-0.4, -0.2) is 29.6 Å². The summed E-state index contributed by atoms with van der Waals surface area (Å²) >= 11 is 1.67. The van der Waals surface area contributed by atoms with Crippen LogP contribution < -0.4 is 4.80 Å². The molecule has 4 nitrogen and oxygen atoms in total. The van der Waals surface area contributed by atoms with Crippen LogP contribution in [0.4, 0.5) is 0 Å². The summed E-state index contributed by atoms with van der Waals surface area (Å²) in [5.41, 5.74) is 3.62. The van der Waals surface area contributed by atoms with E-state index in [1.54, 1.807) is 11.3 Å². The van der Waals surface area contributed by atoms with Gasteiger partial charge in [0.2, 0.25) is 4.80 Å². The summed E-state index contributed by atoms with van der Waals surface area (Å²) in [6.07, 6.45) is 7.29. The van der Waals surface area contributed by atoms with Crippen LogP contribution in [0, 0.1) is 0 Å². The lowest BCUT2D eigenvalue weighted by atomic mass is 10.2. The molecule has 2 heterocycles. The van der Waals surface area contributed by atoms with Crippen molar-refractivity contribution in [3.8, 4) is 11.3 Å². The molecule has 0 bridgehead atoms.